The lowest BCUT2D eigenvalue weighted by molar-refractivity contribution is -0.151. The molecule has 0 saturated heterocycles. The van der Waals surface area contributed by atoms with Gasteiger partial charge in [0.25, 0.3) is 0 Å². The molecule has 0 amide bonds. The van der Waals surface area contributed by atoms with Gasteiger partial charge >= 0.3 is 5.97 Å². The first-order valence-electron chi connectivity index (χ1n) is 6.74. The summed E-state index contributed by atoms with van der Waals surface area (Å²) in [5.41, 5.74) is 1.01. The van der Waals surface area contributed by atoms with Gasteiger partial charge in [0.05, 0.1) is 6.61 Å². The molecule has 0 N–H and O–H groups in total. The van der Waals surface area contributed by atoms with E-state index in [9.17, 15) is 4.79 Å². The van der Waals surface area contributed by atoms with Crippen molar-refractivity contribution in [3.05, 3.63) is 28.8 Å². The lowest BCUT2D eigenvalue weighted by Gasteiger charge is -2.17. The summed E-state index contributed by atoms with van der Waals surface area (Å²) in [4.78, 5) is 11.8. The van der Waals surface area contributed by atoms with Crippen LogP contribution >= 0.6 is 11.6 Å². The Morgan fingerprint density at radius 3 is 2.63 bits per heavy atom. The second-order valence-corrected chi connectivity index (χ2v) is 4.66. The fourth-order valence-corrected chi connectivity index (χ4v) is 2.03. The summed E-state index contributed by atoms with van der Waals surface area (Å²) in [6, 6.07) is 5.46. The first-order valence-corrected chi connectivity index (χ1v) is 7.11. The zero-order chi connectivity index (χ0) is 14.3. The standard InChI is InChI=1S/C15H21ClO3/c1-4-7-14(15(17)18-6-3)19-12-8-9-13(16)11(5-2)10-12/h8-10,14H,4-7H2,1-3H3. The molecule has 106 valence electrons. The highest BCUT2D eigenvalue weighted by atomic mass is 35.5. The van der Waals surface area contributed by atoms with Gasteiger partial charge in [-0.1, -0.05) is 31.9 Å². The number of rotatable bonds is 7. The highest BCUT2D eigenvalue weighted by molar-refractivity contribution is 6.31. The third-order valence-corrected chi connectivity index (χ3v) is 3.15. The SMILES string of the molecule is CCCC(Oc1ccc(Cl)c(CC)c1)C(=O)OCC. The first kappa shape index (κ1) is 15.8. The Morgan fingerprint density at radius 1 is 1.32 bits per heavy atom. The second-order valence-electron chi connectivity index (χ2n) is 4.25. The molecule has 1 aromatic carbocycles. The molecular weight excluding hydrogens is 264 g/mol. The van der Waals surface area contributed by atoms with Gasteiger partial charge in [-0.15, -0.1) is 0 Å². The van der Waals surface area contributed by atoms with Crippen LogP contribution < -0.4 is 4.74 Å². The minimum atomic E-state index is -0.546. The summed E-state index contributed by atoms with van der Waals surface area (Å²) in [7, 11) is 0. The molecule has 19 heavy (non-hydrogen) atoms. The lowest BCUT2D eigenvalue weighted by atomic mass is 10.1. The van der Waals surface area contributed by atoms with Gasteiger partial charge in [-0.05, 0) is 43.5 Å². The molecule has 0 heterocycles. The van der Waals surface area contributed by atoms with E-state index < -0.39 is 6.10 Å². The Morgan fingerprint density at radius 2 is 2.05 bits per heavy atom. The van der Waals surface area contributed by atoms with E-state index in [2.05, 4.69) is 0 Å². The fourth-order valence-electron chi connectivity index (χ4n) is 1.78. The molecule has 0 radical (unpaired) electrons. The van der Waals surface area contributed by atoms with Crippen molar-refractivity contribution in [2.24, 2.45) is 0 Å². The molecule has 0 fully saturated rings. The number of carbonyl (C=O) groups excluding carboxylic acids is 1. The van der Waals surface area contributed by atoms with Gasteiger partial charge in [-0.3, -0.25) is 0 Å². The highest BCUT2D eigenvalue weighted by Gasteiger charge is 2.21. The topological polar surface area (TPSA) is 35.5 Å². The van der Waals surface area contributed by atoms with Gasteiger partial charge < -0.3 is 9.47 Å². The maximum atomic E-state index is 11.8. The maximum Gasteiger partial charge on any atom is 0.347 e. The Bertz CT molecular complexity index is 418. The van der Waals surface area contributed by atoms with Crippen molar-refractivity contribution in [1.29, 1.82) is 0 Å². The molecule has 0 bridgehead atoms. The van der Waals surface area contributed by atoms with Gasteiger partial charge in [0.1, 0.15) is 5.75 Å². The average molecular weight is 285 g/mol. The second kappa shape index (κ2) is 8.05. The summed E-state index contributed by atoms with van der Waals surface area (Å²) in [6.07, 6.45) is 1.78. The number of carbonyl (C=O) groups is 1. The van der Waals surface area contributed by atoms with E-state index in [4.69, 9.17) is 21.1 Å². The van der Waals surface area contributed by atoms with Gasteiger partial charge in [0, 0.05) is 5.02 Å². The number of hydrogen-bond acceptors (Lipinski definition) is 3. The molecule has 1 unspecified atom stereocenters. The molecule has 1 rings (SSSR count). The summed E-state index contributed by atoms with van der Waals surface area (Å²) >= 11 is 6.06. The molecule has 1 atom stereocenters. The minimum Gasteiger partial charge on any atom is -0.479 e. The van der Waals surface area contributed by atoms with Gasteiger partial charge in [-0.25, -0.2) is 4.79 Å². The number of hydrogen-bond donors (Lipinski definition) is 0. The molecule has 4 heteroatoms. The Kier molecular flexibility index (Phi) is 6.71. The van der Waals surface area contributed by atoms with Gasteiger partial charge in [0.15, 0.2) is 6.10 Å². The monoisotopic (exact) mass is 284 g/mol. The molecule has 0 spiro atoms. The Hall–Kier alpha value is -1.22. The predicted octanol–water partition coefficient (Wildman–Crippen LogP) is 4.01. The maximum absolute atomic E-state index is 11.8. The van der Waals surface area contributed by atoms with Crippen LogP contribution in [0.3, 0.4) is 0 Å². The Balaban J connectivity index is 2.81. The van der Waals surface area contributed by atoms with Crippen LogP contribution in [0.15, 0.2) is 18.2 Å². The normalized spacial score (nSPS) is 12.0. The molecule has 3 nitrogen and oxygen atoms in total. The van der Waals surface area contributed by atoms with E-state index in [1.165, 1.54) is 0 Å². The van der Waals surface area contributed by atoms with Crippen LogP contribution in [-0.2, 0) is 16.0 Å². The highest BCUT2D eigenvalue weighted by Crippen LogP contribution is 2.24. The quantitative estimate of drug-likeness (QED) is 0.710. The van der Waals surface area contributed by atoms with Crippen molar-refractivity contribution in [2.75, 3.05) is 6.61 Å². The fraction of sp³-hybridized carbons (Fsp3) is 0.533. The van der Waals surface area contributed by atoms with E-state index in [0.29, 0.717) is 18.8 Å². The molecule has 0 aromatic heterocycles. The predicted molar refractivity (Wildman–Crippen MR) is 76.8 cm³/mol. The van der Waals surface area contributed by atoms with Crippen molar-refractivity contribution < 1.29 is 14.3 Å². The number of halogens is 1. The average Bonchev–Trinajstić information content (AvgIpc) is 2.40. The van der Waals surface area contributed by atoms with Gasteiger partial charge in [0.2, 0.25) is 0 Å². The largest absolute Gasteiger partial charge is 0.479 e. The van der Waals surface area contributed by atoms with Crippen LogP contribution in [0.5, 0.6) is 5.75 Å². The van der Waals surface area contributed by atoms with E-state index in [0.717, 1.165) is 23.4 Å². The van der Waals surface area contributed by atoms with Crippen LogP contribution in [0, 0.1) is 0 Å². The molecule has 1 aromatic rings. The minimum absolute atomic E-state index is 0.308. The van der Waals surface area contributed by atoms with E-state index in [1.807, 2.05) is 19.9 Å². The number of ether oxygens (including phenoxy) is 2. The Labute approximate surface area is 119 Å². The molecule has 0 aliphatic rings. The summed E-state index contributed by atoms with van der Waals surface area (Å²) in [5.74, 6) is 0.352. The smallest absolute Gasteiger partial charge is 0.347 e. The zero-order valence-corrected chi connectivity index (χ0v) is 12.5. The van der Waals surface area contributed by atoms with Crippen molar-refractivity contribution in [1.82, 2.24) is 0 Å². The number of aryl methyl sites for hydroxylation is 1. The summed E-state index contributed by atoms with van der Waals surface area (Å²) in [5, 5.41) is 0.720. The molecule has 0 aliphatic carbocycles. The molecular formula is C15H21ClO3. The molecule has 0 saturated carbocycles. The summed E-state index contributed by atoms with van der Waals surface area (Å²) in [6.45, 7) is 6.19. The van der Waals surface area contributed by atoms with E-state index >= 15 is 0 Å². The number of benzene rings is 1. The third-order valence-electron chi connectivity index (χ3n) is 2.78. The van der Waals surface area contributed by atoms with Crippen LogP contribution in [-0.4, -0.2) is 18.7 Å². The zero-order valence-electron chi connectivity index (χ0n) is 11.7. The van der Waals surface area contributed by atoms with E-state index in [-0.39, 0.29) is 5.97 Å². The van der Waals surface area contributed by atoms with Crippen LogP contribution in [0.1, 0.15) is 39.2 Å². The third kappa shape index (κ3) is 4.75. The van der Waals surface area contributed by atoms with Crippen LogP contribution in [0.2, 0.25) is 5.02 Å². The van der Waals surface area contributed by atoms with Crippen LogP contribution in [0.4, 0.5) is 0 Å². The van der Waals surface area contributed by atoms with Gasteiger partial charge in [-0.2, -0.15) is 0 Å². The molecule has 0 aliphatic heterocycles. The first-order chi connectivity index (χ1) is 9.12. The van der Waals surface area contributed by atoms with Crippen LogP contribution in [0.25, 0.3) is 0 Å². The van der Waals surface area contributed by atoms with Crippen molar-refractivity contribution in [3.8, 4) is 5.75 Å². The number of esters is 1. The lowest BCUT2D eigenvalue weighted by Crippen LogP contribution is -2.29. The summed E-state index contributed by atoms with van der Waals surface area (Å²) < 4.78 is 10.8. The van der Waals surface area contributed by atoms with E-state index in [1.54, 1.807) is 19.1 Å². The van der Waals surface area contributed by atoms with Crippen molar-refractivity contribution in [3.63, 3.8) is 0 Å². The van der Waals surface area contributed by atoms with Crippen molar-refractivity contribution in [2.45, 2.75) is 46.1 Å². The van der Waals surface area contributed by atoms with Crippen molar-refractivity contribution >= 4 is 17.6 Å².